The topological polar surface area (TPSA) is 32.7 Å². The number of piperidine rings is 1. The van der Waals surface area contributed by atoms with Crippen LogP contribution in [-0.2, 0) is 11.8 Å². The highest BCUT2D eigenvalue weighted by atomic mass is 16.5. The molecule has 3 nitrogen and oxygen atoms in total. The van der Waals surface area contributed by atoms with E-state index in [1.165, 1.54) is 36.1 Å². The van der Waals surface area contributed by atoms with Gasteiger partial charge < -0.3 is 9.84 Å². The van der Waals surface area contributed by atoms with E-state index < -0.39 is 5.60 Å². The van der Waals surface area contributed by atoms with E-state index in [4.69, 9.17) is 4.74 Å². The van der Waals surface area contributed by atoms with Crippen molar-refractivity contribution < 1.29 is 9.84 Å². The lowest BCUT2D eigenvalue weighted by molar-refractivity contribution is -0.185. The molecule has 3 fully saturated rings. The zero-order valence-corrected chi connectivity index (χ0v) is 14.6. The van der Waals surface area contributed by atoms with Gasteiger partial charge in [0, 0.05) is 18.2 Å². The highest BCUT2D eigenvalue weighted by molar-refractivity contribution is 5.59. The molecule has 1 saturated heterocycles. The van der Waals surface area contributed by atoms with Crippen LogP contribution < -0.4 is 4.74 Å². The first-order valence-electron chi connectivity index (χ1n) is 9.89. The Balaban J connectivity index is 1.56. The van der Waals surface area contributed by atoms with Crippen molar-refractivity contribution in [2.45, 2.75) is 75.0 Å². The molecule has 1 aromatic rings. The molecule has 3 aliphatic carbocycles. The number of hydrogen-bond donors (Lipinski definition) is 1. The van der Waals surface area contributed by atoms with Crippen LogP contribution in [0.2, 0.25) is 0 Å². The third kappa shape index (κ3) is 1.48. The molecule has 1 aromatic carbocycles. The average Bonchev–Trinajstić information content (AvgIpc) is 3.30. The number of likely N-dealkylation sites (tertiary alicyclic amines) is 1. The van der Waals surface area contributed by atoms with Crippen LogP contribution in [0.5, 0.6) is 5.75 Å². The molecule has 24 heavy (non-hydrogen) atoms. The second-order valence-corrected chi connectivity index (χ2v) is 9.05. The number of nitrogens with zero attached hydrogens (tertiary/aromatic N) is 1. The Bertz CT molecular complexity index is 727. The summed E-state index contributed by atoms with van der Waals surface area (Å²) in [7, 11) is 0. The molecule has 0 radical (unpaired) electrons. The number of ether oxygens (including phenoxy) is 1. The van der Waals surface area contributed by atoms with Crippen LogP contribution >= 0.6 is 0 Å². The van der Waals surface area contributed by atoms with Gasteiger partial charge in [-0.25, -0.2) is 0 Å². The van der Waals surface area contributed by atoms with Gasteiger partial charge in [0.15, 0.2) is 0 Å². The van der Waals surface area contributed by atoms with E-state index in [0.717, 1.165) is 50.3 Å². The van der Waals surface area contributed by atoms with Gasteiger partial charge in [-0.1, -0.05) is 12.1 Å². The smallest absolute Gasteiger partial charge is 0.126 e. The number of benzene rings is 1. The number of rotatable bonds is 2. The summed E-state index contributed by atoms with van der Waals surface area (Å²) in [5, 5.41) is 12.1. The molecule has 4 atom stereocenters. The van der Waals surface area contributed by atoms with Gasteiger partial charge in [-0.15, -0.1) is 0 Å². The van der Waals surface area contributed by atoms with Crippen LogP contribution in [0.15, 0.2) is 12.1 Å². The highest BCUT2D eigenvalue weighted by Gasteiger charge is 2.70. The Morgan fingerprint density at radius 1 is 1.25 bits per heavy atom. The fraction of sp³-hybridized carbons (Fsp3) is 0.714. The van der Waals surface area contributed by atoms with Crippen molar-refractivity contribution >= 4 is 0 Å². The summed E-state index contributed by atoms with van der Waals surface area (Å²) in [4.78, 5) is 2.64. The molecule has 2 bridgehead atoms. The molecule has 2 saturated carbocycles. The molecule has 5 aliphatic rings. The lowest BCUT2D eigenvalue weighted by Crippen LogP contribution is -2.75. The van der Waals surface area contributed by atoms with E-state index in [2.05, 4.69) is 24.0 Å². The lowest BCUT2D eigenvalue weighted by Gasteiger charge is -2.63. The first-order chi connectivity index (χ1) is 11.6. The minimum atomic E-state index is -0.588. The molecule has 1 spiro atoms. The van der Waals surface area contributed by atoms with E-state index >= 15 is 0 Å². The minimum Gasteiger partial charge on any atom is -0.489 e. The van der Waals surface area contributed by atoms with Crippen molar-refractivity contribution in [2.24, 2.45) is 5.92 Å². The van der Waals surface area contributed by atoms with Crippen molar-refractivity contribution in [2.75, 3.05) is 13.1 Å². The standard InChI is InChI=1S/C21H27NO2/c1-13-4-7-15-11-16-21(23)8-2-3-17-20(21,18(15)19(13)24-17)9-10-22(16)12-14-5-6-14/h4,7,14,16-17,23H,2-3,5-6,8-12H2,1H3/t16?,17-,20+,21+/m0/s1. The second-order valence-electron chi connectivity index (χ2n) is 9.05. The molecule has 2 heterocycles. The summed E-state index contributed by atoms with van der Waals surface area (Å²) < 4.78 is 6.52. The van der Waals surface area contributed by atoms with Crippen LogP contribution in [0.3, 0.4) is 0 Å². The fourth-order valence-electron chi connectivity index (χ4n) is 6.62. The van der Waals surface area contributed by atoms with Gasteiger partial charge in [-0.2, -0.15) is 0 Å². The second kappa shape index (κ2) is 4.37. The van der Waals surface area contributed by atoms with Crippen LogP contribution in [0.4, 0.5) is 0 Å². The average molecular weight is 325 g/mol. The van der Waals surface area contributed by atoms with Crippen molar-refractivity contribution in [3.05, 3.63) is 28.8 Å². The van der Waals surface area contributed by atoms with E-state index in [0.29, 0.717) is 6.04 Å². The molecule has 0 amide bonds. The van der Waals surface area contributed by atoms with Gasteiger partial charge in [-0.05, 0) is 75.5 Å². The predicted molar refractivity (Wildman–Crippen MR) is 92.5 cm³/mol. The van der Waals surface area contributed by atoms with E-state index in [1.54, 1.807) is 0 Å². The molecule has 2 aliphatic heterocycles. The zero-order chi connectivity index (χ0) is 16.1. The summed E-state index contributed by atoms with van der Waals surface area (Å²) in [6.07, 6.45) is 8.19. The van der Waals surface area contributed by atoms with Crippen LogP contribution in [-0.4, -0.2) is 40.8 Å². The van der Waals surface area contributed by atoms with Gasteiger partial charge in [-0.3, -0.25) is 4.90 Å². The third-order valence-electron chi connectivity index (χ3n) is 7.88. The summed E-state index contributed by atoms with van der Waals surface area (Å²) in [6.45, 7) is 4.50. The monoisotopic (exact) mass is 325 g/mol. The fourth-order valence-corrected chi connectivity index (χ4v) is 6.62. The van der Waals surface area contributed by atoms with E-state index in [-0.39, 0.29) is 11.5 Å². The number of aliphatic hydroxyl groups is 1. The van der Waals surface area contributed by atoms with Gasteiger partial charge in [0.1, 0.15) is 11.9 Å². The summed E-state index contributed by atoms with van der Waals surface area (Å²) >= 11 is 0. The highest BCUT2D eigenvalue weighted by Crippen LogP contribution is 2.64. The largest absolute Gasteiger partial charge is 0.489 e. The first kappa shape index (κ1) is 14.1. The lowest BCUT2D eigenvalue weighted by atomic mass is 9.49. The zero-order valence-electron chi connectivity index (χ0n) is 14.6. The van der Waals surface area contributed by atoms with Gasteiger partial charge in [0.25, 0.3) is 0 Å². The number of hydrogen-bond acceptors (Lipinski definition) is 3. The molecule has 128 valence electrons. The van der Waals surface area contributed by atoms with Crippen molar-refractivity contribution in [1.82, 2.24) is 4.90 Å². The molecule has 6 rings (SSSR count). The summed E-state index contributed by atoms with van der Waals surface area (Å²) in [6, 6.07) is 4.84. The van der Waals surface area contributed by atoms with E-state index in [9.17, 15) is 5.11 Å². The Morgan fingerprint density at radius 2 is 2.12 bits per heavy atom. The predicted octanol–water partition coefficient (Wildman–Crippen LogP) is 2.95. The van der Waals surface area contributed by atoms with Gasteiger partial charge in [0.2, 0.25) is 0 Å². The maximum absolute atomic E-state index is 12.1. The van der Waals surface area contributed by atoms with Crippen molar-refractivity contribution in [1.29, 1.82) is 0 Å². The summed E-state index contributed by atoms with van der Waals surface area (Å²) in [5.41, 5.74) is 3.38. The Kier molecular flexibility index (Phi) is 2.57. The molecule has 3 heteroatoms. The van der Waals surface area contributed by atoms with Crippen LogP contribution in [0, 0.1) is 12.8 Å². The molecular weight excluding hydrogens is 298 g/mol. The summed E-state index contributed by atoms with van der Waals surface area (Å²) in [5.74, 6) is 2.00. The van der Waals surface area contributed by atoms with E-state index in [1.807, 2.05) is 0 Å². The van der Waals surface area contributed by atoms with Crippen molar-refractivity contribution in [3.8, 4) is 5.75 Å². The molecular formula is C21H27NO2. The van der Waals surface area contributed by atoms with Crippen LogP contribution in [0.25, 0.3) is 0 Å². The Morgan fingerprint density at radius 3 is 2.96 bits per heavy atom. The van der Waals surface area contributed by atoms with Crippen LogP contribution in [0.1, 0.15) is 55.2 Å². The normalized spacial score (nSPS) is 42.6. The Hall–Kier alpha value is -1.06. The van der Waals surface area contributed by atoms with Gasteiger partial charge in [0.05, 0.1) is 11.0 Å². The molecule has 1 N–H and O–H groups in total. The minimum absolute atomic E-state index is 0.134. The molecule has 1 unspecified atom stereocenters. The maximum atomic E-state index is 12.1. The SMILES string of the molecule is Cc1ccc2c3c1O[C@H]1CCC[C@@]4(O)C(C2)N(CC2CC2)CC[C@]314. The quantitative estimate of drug-likeness (QED) is 0.907. The number of aryl methyl sites for hydroxylation is 1. The first-order valence-corrected chi connectivity index (χ1v) is 9.89. The maximum Gasteiger partial charge on any atom is 0.126 e. The third-order valence-corrected chi connectivity index (χ3v) is 7.88. The Labute approximate surface area is 144 Å². The van der Waals surface area contributed by atoms with Crippen molar-refractivity contribution in [3.63, 3.8) is 0 Å². The molecule has 0 aromatic heterocycles. The van der Waals surface area contributed by atoms with Gasteiger partial charge >= 0.3 is 0 Å².